The van der Waals surface area contributed by atoms with Gasteiger partial charge >= 0.3 is 5.97 Å². The van der Waals surface area contributed by atoms with Crippen molar-refractivity contribution in [2.24, 2.45) is 0 Å². The van der Waals surface area contributed by atoms with E-state index in [9.17, 15) is 14.3 Å². The lowest BCUT2D eigenvalue weighted by molar-refractivity contribution is -0.160. The van der Waals surface area contributed by atoms with Crippen LogP contribution in [0.4, 0.5) is 4.39 Å². The Kier molecular flexibility index (Phi) is 5.68. The molecule has 2 heterocycles. The highest BCUT2D eigenvalue weighted by atomic mass is 32.1. The molecule has 0 saturated heterocycles. The summed E-state index contributed by atoms with van der Waals surface area (Å²) in [7, 11) is 0. The number of thiazole rings is 1. The van der Waals surface area contributed by atoms with Gasteiger partial charge < -0.3 is 9.84 Å². The Labute approximate surface area is 188 Å². The number of benzene rings is 2. The van der Waals surface area contributed by atoms with Crippen molar-refractivity contribution in [2.45, 2.75) is 39.4 Å². The van der Waals surface area contributed by atoms with E-state index in [1.54, 1.807) is 12.1 Å². The molecule has 4 aromatic rings. The van der Waals surface area contributed by atoms with Gasteiger partial charge in [0.05, 0.1) is 20.7 Å². The number of fused-ring (bicyclic) bond motifs is 1. The molecule has 0 bridgehead atoms. The van der Waals surface area contributed by atoms with Crippen LogP contribution in [-0.4, -0.2) is 21.7 Å². The van der Waals surface area contributed by atoms with Crippen LogP contribution in [0, 0.1) is 12.7 Å². The van der Waals surface area contributed by atoms with Crippen molar-refractivity contribution in [1.82, 2.24) is 4.98 Å². The number of ether oxygens (including phenoxy) is 1. The summed E-state index contributed by atoms with van der Waals surface area (Å²) < 4.78 is 20.8. The lowest BCUT2D eigenvalue weighted by Crippen LogP contribution is -2.27. The van der Waals surface area contributed by atoms with Gasteiger partial charge in [0, 0.05) is 5.56 Å². The minimum atomic E-state index is -1.05. The molecule has 0 spiro atoms. The number of nitrogens with zero attached hydrogens (tertiary/aromatic N) is 1. The van der Waals surface area contributed by atoms with Crippen molar-refractivity contribution < 1.29 is 19.0 Å². The molecule has 4 rings (SSSR count). The van der Waals surface area contributed by atoms with E-state index in [0.717, 1.165) is 31.2 Å². The molecule has 0 amide bonds. The van der Waals surface area contributed by atoms with E-state index in [1.807, 2.05) is 57.3 Å². The van der Waals surface area contributed by atoms with E-state index in [0.29, 0.717) is 11.1 Å². The van der Waals surface area contributed by atoms with Gasteiger partial charge in [-0.25, -0.2) is 14.2 Å². The van der Waals surface area contributed by atoms with Gasteiger partial charge in [-0.05, 0) is 74.0 Å². The topological polar surface area (TPSA) is 59.4 Å². The molecule has 0 saturated carbocycles. The molecule has 0 aliphatic rings. The summed E-state index contributed by atoms with van der Waals surface area (Å²) in [5.74, 6) is -1.27. The van der Waals surface area contributed by atoms with E-state index in [1.165, 1.54) is 28.7 Å². The second-order valence-electron chi connectivity index (χ2n) is 8.32. The van der Waals surface area contributed by atoms with Gasteiger partial charge in [-0.15, -0.1) is 22.7 Å². The zero-order valence-corrected chi connectivity index (χ0v) is 19.2. The molecule has 0 aliphatic heterocycles. The van der Waals surface area contributed by atoms with E-state index in [4.69, 9.17) is 9.72 Å². The highest BCUT2D eigenvalue weighted by Crippen LogP contribution is 2.39. The molecule has 160 valence electrons. The Morgan fingerprint density at radius 3 is 2.61 bits per heavy atom. The molecule has 0 radical (unpaired) electrons. The van der Waals surface area contributed by atoms with Gasteiger partial charge in [-0.2, -0.15) is 0 Å². The van der Waals surface area contributed by atoms with Crippen LogP contribution in [0.5, 0.6) is 0 Å². The number of aromatic nitrogens is 1. The monoisotopic (exact) mass is 455 g/mol. The second-order valence-corrected chi connectivity index (χ2v) is 10.3. The van der Waals surface area contributed by atoms with E-state index < -0.39 is 17.7 Å². The average molecular weight is 456 g/mol. The molecule has 2 aromatic carbocycles. The number of hydrogen-bond acceptors (Lipinski definition) is 5. The van der Waals surface area contributed by atoms with Crippen molar-refractivity contribution in [3.8, 4) is 21.0 Å². The van der Waals surface area contributed by atoms with Crippen molar-refractivity contribution in [1.29, 1.82) is 0 Å². The Hall–Kier alpha value is -2.61. The third-order valence-electron chi connectivity index (χ3n) is 4.75. The lowest BCUT2D eigenvalue weighted by atomic mass is 10.0. The Bertz CT molecular complexity index is 1270. The summed E-state index contributed by atoms with van der Waals surface area (Å²) in [5, 5.41) is 12.5. The highest BCUT2D eigenvalue weighted by molar-refractivity contribution is 7.25. The van der Waals surface area contributed by atoms with Crippen LogP contribution in [-0.2, 0) is 9.53 Å². The fraction of sp³-hybridized carbons (Fsp3) is 0.250. The first-order valence-corrected chi connectivity index (χ1v) is 11.5. The molecule has 7 heteroatoms. The highest BCUT2D eigenvalue weighted by Gasteiger charge is 2.28. The predicted molar refractivity (Wildman–Crippen MR) is 124 cm³/mol. The molecule has 1 atom stereocenters. The zero-order chi connectivity index (χ0) is 22.3. The fourth-order valence-corrected chi connectivity index (χ4v) is 5.33. The number of aryl methyl sites for hydroxylation is 1. The molecule has 2 aromatic heterocycles. The van der Waals surface area contributed by atoms with Gasteiger partial charge in [0.1, 0.15) is 10.8 Å². The number of hydrogen-bond donors (Lipinski definition) is 1. The first-order valence-electron chi connectivity index (χ1n) is 9.78. The van der Waals surface area contributed by atoms with Gasteiger partial charge in [0.2, 0.25) is 0 Å². The molecular formula is C24H22FNO3S2. The summed E-state index contributed by atoms with van der Waals surface area (Å²) in [6.07, 6.45) is -1.05. The quantitative estimate of drug-likeness (QED) is 0.349. The maximum absolute atomic E-state index is 14.1. The molecule has 4 nitrogen and oxygen atoms in total. The van der Waals surface area contributed by atoms with Gasteiger partial charge in [0.25, 0.3) is 0 Å². The van der Waals surface area contributed by atoms with Crippen LogP contribution in [0.15, 0.2) is 47.8 Å². The summed E-state index contributed by atoms with van der Waals surface area (Å²) >= 11 is 3.00. The maximum atomic E-state index is 14.1. The fourth-order valence-electron chi connectivity index (χ4n) is 3.37. The largest absolute Gasteiger partial charge is 0.479 e. The third kappa shape index (κ3) is 4.54. The summed E-state index contributed by atoms with van der Waals surface area (Å²) in [6.45, 7) is 7.39. The van der Waals surface area contributed by atoms with Gasteiger partial charge in [-0.1, -0.05) is 18.2 Å². The minimum absolute atomic E-state index is 0.255. The second kappa shape index (κ2) is 8.15. The lowest BCUT2D eigenvalue weighted by Gasteiger charge is -2.26. The minimum Gasteiger partial charge on any atom is -0.479 e. The molecule has 1 N–H and O–H groups in total. The van der Waals surface area contributed by atoms with Gasteiger partial charge in [-0.3, -0.25) is 0 Å². The van der Waals surface area contributed by atoms with E-state index >= 15 is 0 Å². The number of rotatable bonds is 5. The first-order chi connectivity index (χ1) is 14.6. The summed E-state index contributed by atoms with van der Waals surface area (Å²) in [4.78, 5) is 17.6. The van der Waals surface area contributed by atoms with Crippen LogP contribution >= 0.6 is 22.7 Å². The SMILES string of the molecule is Cc1cc2nc(-c3cc(-c4ccccc4F)cs3)sc2cc1C(OC(C)(C)C)C(=O)O. The molecule has 1 unspecified atom stereocenters. The summed E-state index contributed by atoms with van der Waals surface area (Å²) in [6, 6.07) is 12.4. The smallest absolute Gasteiger partial charge is 0.337 e. The third-order valence-corrected chi connectivity index (χ3v) is 6.87. The molecule has 0 fully saturated rings. The molecule has 31 heavy (non-hydrogen) atoms. The Balaban J connectivity index is 1.73. The van der Waals surface area contributed by atoms with Crippen LogP contribution < -0.4 is 0 Å². The van der Waals surface area contributed by atoms with Crippen molar-refractivity contribution >= 4 is 38.9 Å². The molecule has 0 aliphatic carbocycles. The standard InChI is InChI=1S/C24H22FNO3S2/c1-13-9-18-19(11-16(13)21(23(27)28)29-24(2,3)4)31-22(26-18)20-10-14(12-30-20)15-7-5-6-8-17(15)25/h5-12,21H,1-4H3,(H,27,28). The van der Waals surface area contributed by atoms with Crippen molar-refractivity contribution in [3.05, 3.63) is 64.8 Å². The number of carbonyl (C=O) groups is 1. The molecular weight excluding hydrogens is 433 g/mol. The Morgan fingerprint density at radius 2 is 1.94 bits per heavy atom. The van der Waals surface area contributed by atoms with Crippen molar-refractivity contribution in [3.63, 3.8) is 0 Å². The van der Waals surface area contributed by atoms with E-state index in [-0.39, 0.29) is 5.82 Å². The van der Waals surface area contributed by atoms with E-state index in [2.05, 4.69) is 0 Å². The van der Waals surface area contributed by atoms with Crippen LogP contribution in [0.25, 0.3) is 31.2 Å². The average Bonchev–Trinajstić information content (AvgIpc) is 3.31. The summed E-state index contributed by atoms with van der Waals surface area (Å²) in [5.41, 5.74) is 3.04. The van der Waals surface area contributed by atoms with Crippen molar-refractivity contribution in [2.75, 3.05) is 0 Å². The number of halogens is 1. The predicted octanol–water partition coefficient (Wildman–Crippen LogP) is 7.08. The van der Waals surface area contributed by atoms with Crippen LogP contribution in [0.2, 0.25) is 0 Å². The zero-order valence-electron chi connectivity index (χ0n) is 17.6. The normalized spacial score (nSPS) is 12.9. The number of carboxylic acid groups (broad SMARTS) is 1. The van der Waals surface area contributed by atoms with Gasteiger partial charge in [0.15, 0.2) is 6.10 Å². The van der Waals surface area contributed by atoms with Crippen LogP contribution in [0.3, 0.4) is 0 Å². The van der Waals surface area contributed by atoms with Crippen LogP contribution in [0.1, 0.15) is 38.0 Å². The number of thiophene rings is 1. The maximum Gasteiger partial charge on any atom is 0.337 e. The Morgan fingerprint density at radius 1 is 1.19 bits per heavy atom. The number of aliphatic carboxylic acids is 1. The number of carboxylic acids is 1. The first kappa shape index (κ1) is 21.6.